The number of benzene rings is 1. The molecule has 1 aromatic rings. The molecule has 78 valence electrons. The fraction of sp³-hybridized carbons (Fsp3) is 0.455. The Hall–Kier alpha value is -0.960. The third-order valence-corrected chi connectivity index (χ3v) is 1.97. The number of hydrogen-bond acceptors (Lipinski definition) is 1. The van der Waals surface area contributed by atoms with Crippen LogP contribution in [0.3, 0.4) is 0 Å². The summed E-state index contributed by atoms with van der Waals surface area (Å²) in [6, 6.07) is 8.09. The molecule has 0 fully saturated rings. The molecule has 0 aliphatic rings. The van der Waals surface area contributed by atoms with E-state index < -0.39 is 6.43 Å². The zero-order chi connectivity index (χ0) is 10.4. The van der Waals surface area contributed by atoms with Crippen molar-refractivity contribution in [2.24, 2.45) is 0 Å². The van der Waals surface area contributed by atoms with Crippen LogP contribution in [0.2, 0.25) is 0 Å². The second-order valence-electron chi connectivity index (χ2n) is 3.33. The maximum absolute atomic E-state index is 11.8. The van der Waals surface area contributed by atoms with E-state index in [1.54, 1.807) is 0 Å². The average molecular weight is 199 g/mol. The molecule has 0 atom stereocenters. The van der Waals surface area contributed by atoms with Crippen LogP contribution in [0.5, 0.6) is 0 Å². The zero-order valence-electron chi connectivity index (χ0n) is 8.26. The summed E-state index contributed by atoms with van der Waals surface area (Å²) in [7, 11) is 0. The molecule has 0 spiro atoms. The van der Waals surface area contributed by atoms with Gasteiger partial charge in [-0.05, 0) is 25.5 Å². The van der Waals surface area contributed by atoms with E-state index in [0.29, 0.717) is 6.54 Å². The number of rotatable bonds is 5. The molecule has 0 saturated carbocycles. The number of hydrogen-bond donors (Lipinski definition) is 1. The SMILES string of the molecule is Cc1cccc(CCNCC(F)F)c1. The van der Waals surface area contributed by atoms with Crippen LogP contribution >= 0.6 is 0 Å². The minimum absolute atomic E-state index is 0.216. The summed E-state index contributed by atoms with van der Waals surface area (Å²) in [5, 5.41) is 2.70. The molecule has 0 radical (unpaired) electrons. The summed E-state index contributed by atoms with van der Waals surface area (Å²) in [5.41, 5.74) is 2.39. The molecular formula is C11H15F2N. The van der Waals surface area contributed by atoms with Crippen molar-refractivity contribution < 1.29 is 8.78 Å². The molecule has 14 heavy (non-hydrogen) atoms. The summed E-state index contributed by atoms with van der Waals surface area (Å²) in [6.45, 7) is 2.41. The molecule has 0 saturated heterocycles. The first kappa shape index (κ1) is 11.1. The van der Waals surface area contributed by atoms with E-state index in [0.717, 1.165) is 6.42 Å². The van der Waals surface area contributed by atoms with E-state index in [-0.39, 0.29) is 6.54 Å². The average Bonchev–Trinajstić information content (AvgIpc) is 2.12. The molecule has 0 aliphatic carbocycles. The number of halogens is 2. The Bertz CT molecular complexity index is 274. The van der Waals surface area contributed by atoms with Crippen LogP contribution in [0.1, 0.15) is 11.1 Å². The van der Waals surface area contributed by atoms with Gasteiger partial charge in [0.25, 0.3) is 6.43 Å². The monoisotopic (exact) mass is 199 g/mol. The normalized spacial score (nSPS) is 10.9. The molecule has 1 rings (SSSR count). The van der Waals surface area contributed by atoms with Gasteiger partial charge in [-0.15, -0.1) is 0 Å². The lowest BCUT2D eigenvalue weighted by atomic mass is 10.1. The maximum Gasteiger partial charge on any atom is 0.250 e. The largest absolute Gasteiger partial charge is 0.311 e. The van der Waals surface area contributed by atoms with Crippen molar-refractivity contribution in [1.82, 2.24) is 5.32 Å². The van der Waals surface area contributed by atoms with Crippen molar-refractivity contribution in [2.45, 2.75) is 19.8 Å². The minimum Gasteiger partial charge on any atom is -0.311 e. The highest BCUT2D eigenvalue weighted by molar-refractivity contribution is 5.22. The van der Waals surface area contributed by atoms with E-state index in [1.165, 1.54) is 11.1 Å². The Labute approximate surface area is 83.1 Å². The van der Waals surface area contributed by atoms with Gasteiger partial charge in [-0.25, -0.2) is 8.78 Å². The predicted molar refractivity (Wildman–Crippen MR) is 53.8 cm³/mol. The maximum atomic E-state index is 11.8. The van der Waals surface area contributed by atoms with Gasteiger partial charge in [0, 0.05) is 0 Å². The van der Waals surface area contributed by atoms with Crippen molar-refractivity contribution in [3.05, 3.63) is 35.4 Å². The Kier molecular flexibility index (Phi) is 4.53. The van der Waals surface area contributed by atoms with E-state index in [2.05, 4.69) is 11.4 Å². The van der Waals surface area contributed by atoms with Gasteiger partial charge in [-0.2, -0.15) is 0 Å². The smallest absolute Gasteiger partial charge is 0.250 e. The van der Waals surface area contributed by atoms with Crippen LogP contribution in [-0.2, 0) is 6.42 Å². The van der Waals surface area contributed by atoms with Crippen molar-refractivity contribution >= 4 is 0 Å². The number of aryl methyl sites for hydroxylation is 1. The lowest BCUT2D eigenvalue weighted by Crippen LogP contribution is -2.23. The molecule has 0 amide bonds. The van der Waals surface area contributed by atoms with Gasteiger partial charge in [0.05, 0.1) is 6.54 Å². The van der Waals surface area contributed by atoms with Crippen molar-refractivity contribution in [3.8, 4) is 0 Å². The second-order valence-corrected chi connectivity index (χ2v) is 3.33. The Balaban J connectivity index is 2.25. The highest BCUT2D eigenvalue weighted by Gasteiger charge is 2.00. The first-order valence-electron chi connectivity index (χ1n) is 4.73. The zero-order valence-corrected chi connectivity index (χ0v) is 8.26. The van der Waals surface area contributed by atoms with Gasteiger partial charge >= 0.3 is 0 Å². The quantitative estimate of drug-likeness (QED) is 0.718. The third-order valence-electron chi connectivity index (χ3n) is 1.97. The Morgan fingerprint density at radius 3 is 2.79 bits per heavy atom. The molecule has 0 bridgehead atoms. The summed E-state index contributed by atoms with van der Waals surface area (Å²) in [6.07, 6.45) is -1.46. The van der Waals surface area contributed by atoms with Gasteiger partial charge in [-0.3, -0.25) is 0 Å². The molecular weight excluding hydrogens is 184 g/mol. The predicted octanol–water partition coefficient (Wildman–Crippen LogP) is 2.39. The van der Waals surface area contributed by atoms with Crippen molar-refractivity contribution in [2.75, 3.05) is 13.1 Å². The van der Waals surface area contributed by atoms with E-state index >= 15 is 0 Å². The highest BCUT2D eigenvalue weighted by atomic mass is 19.3. The lowest BCUT2D eigenvalue weighted by molar-refractivity contribution is 0.146. The molecule has 3 heteroatoms. The fourth-order valence-corrected chi connectivity index (χ4v) is 1.31. The lowest BCUT2D eigenvalue weighted by Gasteiger charge is -2.04. The summed E-state index contributed by atoms with van der Waals surface area (Å²) in [4.78, 5) is 0. The number of alkyl halides is 2. The molecule has 1 nitrogen and oxygen atoms in total. The summed E-state index contributed by atoms with van der Waals surface area (Å²) >= 11 is 0. The van der Waals surface area contributed by atoms with Crippen LogP contribution < -0.4 is 5.32 Å². The van der Waals surface area contributed by atoms with Gasteiger partial charge in [0.15, 0.2) is 0 Å². The second kappa shape index (κ2) is 5.70. The molecule has 0 aromatic heterocycles. The summed E-state index contributed by atoms with van der Waals surface area (Å²) in [5.74, 6) is 0. The first-order chi connectivity index (χ1) is 6.68. The molecule has 0 aliphatic heterocycles. The van der Waals surface area contributed by atoms with E-state index in [9.17, 15) is 8.78 Å². The minimum atomic E-state index is -2.26. The number of nitrogens with one attached hydrogen (secondary N) is 1. The van der Waals surface area contributed by atoms with Gasteiger partial charge in [0.1, 0.15) is 0 Å². The van der Waals surface area contributed by atoms with Crippen molar-refractivity contribution in [3.63, 3.8) is 0 Å². The van der Waals surface area contributed by atoms with Crippen LogP contribution in [0, 0.1) is 6.92 Å². The topological polar surface area (TPSA) is 12.0 Å². The van der Waals surface area contributed by atoms with Crippen LogP contribution in [0.25, 0.3) is 0 Å². The van der Waals surface area contributed by atoms with Gasteiger partial charge in [-0.1, -0.05) is 29.8 Å². The standard InChI is InChI=1S/C11H15F2N/c1-9-3-2-4-10(7-9)5-6-14-8-11(12)13/h2-4,7,11,14H,5-6,8H2,1H3. The van der Waals surface area contributed by atoms with Gasteiger partial charge in [0.2, 0.25) is 0 Å². The van der Waals surface area contributed by atoms with E-state index in [4.69, 9.17) is 0 Å². The molecule has 0 unspecified atom stereocenters. The van der Waals surface area contributed by atoms with Gasteiger partial charge < -0.3 is 5.32 Å². The molecule has 0 heterocycles. The van der Waals surface area contributed by atoms with E-state index in [1.807, 2.05) is 25.1 Å². The molecule has 1 aromatic carbocycles. The highest BCUT2D eigenvalue weighted by Crippen LogP contribution is 2.03. The van der Waals surface area contributed by atoms with Crippen LogP contribution in [-0.4, -0.2) is 19.5 Å². The van der Waals surface area contributed by atoms with Crippen LogP contribution in [0.15, 0.2) is 24.3 Å². The first-order valence-corrected chi connectivity index (χ1v) is 4.73. The van der Waals surface area contributed by atoms with Crippen LogP contribution in [0.4, 0.5) is 8.78 Å². The third kappa shape index (κ3) is 4.33. The van der Waals surface area contributed by atoms with Crippen molar-refractivity contribution in [1.29, 1.82) is 0 Å². The fourth-order valence-electron chi connectivity index (χ4n) is 1.31. The Morgan fingerprint density at radius 2 is 2.14 bits per heavy atom. The summed E-state index contributed by atoms with van der Waals surface area (Å²) < 4.78 is 23.5. The molecule has 1 N–H and O–H groups in total. The Morgan fingerprint density at radius 1 is 1.36 bits per heavy atom.